The molecule has 1 heterocycles. The predicted molar refractivity (Wildman–Crippen MR) is 72.9 cm³/mol. The van der Waals surface area contributed by atoms with Crippen LogP contribution >= 0.6 is 0 Å². The molecule has 1 aromatic heterocycles. The molecule has 0 saturated heterocycles. The van der Waals surface area contributed by atoms with Crippen molar-refractivity contribution in [3.63, 3.8) is 0 Å². The van der Waals surface area contributed by atoms with Gasteiger partial charge in [0.1, 0.15) is 0 Å². The number of aryl methyl sites for hydroxylation is 3. The number of benzene rings is 1. The summed E-state index contributed by atoms with van der Waals surface area (Å²) in [5.41, 5.74) is 3.01. The zero-order valence-corrected chi connectivity index (χ0v) is 11.4. The van der Waals surface area contributed by atoms with Gasteiger partial charge in [0.25, 0.3) is 5.69 Å². The van der Waals surface area contributed by atoms with Crippen molar-refractivity contribution in [1.29, 1.82) is 0 Å². The van der Waals surface area contributed by atoms with Crippen molar-refractivity contribution < 1.29 is 10.0 Å². The highest BCUT2D eigenvalue weighted by Gasteiger charge is 2.15. The second-order valence-electron chi connectivity index (χ2n) is 4.66. The van der Waals surface area contributed by atoms with Gasteiger partial charge in [-0.3, -0.25) is 10.1 Å². The minimum Gasteiger partial charge on any atom is -0.396 e. The Morgan fingerprint density at radius 1 is 1.35 bits per heavy atom. The highest BCUT2D eigenvalue weighted by Crippen LogP contribution is 2.24. The third-order valence-electron chi connectivity index (χ3n) is 3.09. The summed E-state index contributed by atoms with van der Waals surface area (Å²) in [6, 6.07) is 3.28. The summed E-state index contributed by atoms with van der Waals surface area (Å²) >= 11 is 0. The fraction of sp³-hybridized carbons (Fsp3) is 0.385. The lowest BCUT2D eigenvalue weighted by Crippen LogP contribution is -2.01. The van der Waals surface area contributed by atoms with Gasteiger partial charge in [0.2, 0.25) is 0 Å². The molecule has 0 unspecified atom stereocenters. The van der Waals surface area contributed by atoms with Crippen LogP contribution in [0.15, 0.2) is 18.3 Å². The lowest BCUT2D eigenvalue weighted by atomic mass is 10.1. The number of aliphatic hydroxyl groups is 1. The summed E-state index contributed by atoms with van der Waals surface area (Å²) in [5.74, 6) is 0. The largest absolute Gasteiger partial charge is 0.396 e. The van der Waals surface area contributed by atoms with Crippen molar-refractivity contribution in [1.82, 2.24) is 15.0 Å². The number of hydrogen-bond acceptors (Lipinski definition) is 5. The van der Waals surface area contributed by atoms with E-state index in [0.29, 0.717) is 18.4 Å². The summed E-state index contributed by atoms with van der Waals surface area (Å²) in [7, 11) is 0. The maximum atomic E-state index is 10.9. The van der Waals surface area contributed by atoms with Crippen molar-refractivity contribution in [3.05, 3.63) is 45.3 Å². The molecule has 0 aliphatic heterocycles. The molecule has 1 aromatic carbocycles. The molecule has 0 aliphatic rings. The van der Waals surface area contributed by atoms with Gasteiger partial charge in [0, 0.05) is 18.2 Å². The Balaban J connectivity index is 2.35. The van der Waals surface area contributed by atoms with Crippen LogP contribution in [-0.4, -0.2) is 31.6 Å². The number of nitro benzene ring substituents is 1. The monoisotopic (exact) mass is 276 g/mol. The molecule has 7 heteroatoms. The smallest absolute Gasteiger partial charge is 0.272 e. The molecule has 2 aromatic rings. The molecule has 106 valence electrons. The van der Waals surface area contributed by atoms with E-state index in [1.165, 1.54) is 0 Å². The van der Waals surface area contributed by atoms with Gasteiger partial charge in [-0.1, -0.05) is 5.21 Å². The summed E-state index contributed by atoms with van der Waals surface area (Å²) < 4.78 is 1.61. The molecule has 0 spiro atoms. The minimum atomic E-state index is -0.389. The third-order valence-corrected chi connectivity index (χ3v) is 3.09. The molecular formula is C13H16N4O3. The number of aliphatic hydroxyl groups excluding tert-OH is 1. The van der Waals surface area contributed by atoms with Crippen LogP contribution in [0.5, 0.6) is 0 Å². The van der Waals surface area contributed by atoms with Crippen LogP contribution in [0, 0.1) is 24.0 Å². The lowest BCUT2D eigenvalue weighted by Gasteiger charge is -2.06. The molecule has 0 atom stereocenters. The lowest BCUT2D eigenvalue weighted by molar-refractivity contribution is -0.385. The Kier molecular flexibility index (Phi) is 4.09. The van der Waals surface area contributed by atoms with Gasteiger partial charge in [0.05, 0.1) is 22.5 Å². The van der Waals surface area contributed by atoms with Crippen LogP contribution in [0.1, 0.15) is 23.2 Å². The quantitative estimate of drug-likeness (QED) is 0.662. The van der Waals surface area contributed by atoms with Crippen LogP contribution < -0.4 is 0 Å². The molecule has 20 heavy (non-hydrogen) atoms. The van der Waals surface area contributed by atoms with Crippen molar-refractivity contribution in [3.8, 4) is 5.69 Å². The zero-order valence-electron chi connectivity index (χ0n) is 11.4. The van der Waals surface area contributed by atoms with E-state index < -0.39 is 0 Å². The van der Waals surface area contributed by atoms with Gasteiger partial charge >= 0.3 is 0 Å². The first-order chi connectivity index (χ1) is 9.52. The number of hydrogen-bond donors (Lipinski definition) is 1. The highest BCUT2D eigenvalue weighted by molar-refractivity contribution is 5.52. The minimum absolute atomic E-state index is 0.104. The molecule has 0 amide bonds. The van der Waals surface area contributed by atoms with E-state index in [4.69, 9.17) is 5.11 Å². The Morgan fingerprint density at radius 3 is 2.75 bits per heavy atom. The van der Waals surface area contributed by atoms with Crippen LogP contribution in [0.25, 0.3) is 5.69 Å². The molecule has 0 aliphatic carbocycles. The van der Waals surface area contributed by atoms with Gasteiger partial charge in [0.15, 0.2) is 0 Å². The van der Waals surface area contributed by atoms with Crippen molar-refractivity contribution >= 4 is 5.69 Å². The van der Waals surface area contributed by atoms with Crippen molar-refractivity contribution in [2.24, 2.45) is 0 Å². The second-order valence-corrected chi connectivity index (χ2v) is 4.66. The van der Waals surface area contributed by atoms with E-state index in [9.17, 15) is 10.1 Å². The van der Waals surface area contributed by atoms with E-state index in [1.54, 1.807) is 36.9 Å². The Bertz CT molecular complexity index is 637. The fourth-order valence-corrected chi connectivity index (χ4v) is 2.02. The molecule has 7 nitrogen and oxygen atoms in total. The summed E-state index contributed by atoms with van der Waals surface area (Å²) in [4.78, 5) is 10.5. The maximum Gasteiger partial charge on any atom is 0.272 e. The molecule has 0 bridgehead atoms. The SMILES string of the molecule is Cc1cc([N+](=O)[O-])c(C)cc1-n1cc(CCCO)nn1. The van der Waals surface area contributed by atoms with Gasteiger partial charge in [-0.25, -0.2) is 4.68 Å². The number of rotatable bonds is 5. The van der Waals surface area contributed by atoms with E-state index in [1.807, 2.05) is 0 Å². The number of nitrogens with zero attached hydrogens (tertiary/aromatic N) is 4. The van der Waals surface area contributed by atoms with Gasteiger partial charge < -0.3 is 5.11 Å². The molecule has 1 N–H and O–H groups in total. The van der Waals surface area contributed by atoms with Gasteiger partial charge in [-0.2, -0.15) is 0 Å². The van der Waals surface area contributed by atoms with E-state index in [-0.39, 0.29) is 17.2 Å². The van der Waals surface area contributed by atoms with E-state index in [0.717, 1.165) is 16.9 Å². The fourth-order valence-electron chi connectivity index (χ4n) is 2.02. The van der Waals surface area contributed by atoms with Crippen LogP contribution in [0.4, 0.5) is 5.69 Å². The average Bonchev–Trinajstić information content (AvgIpc) is 2.86. The predicted octanol–water partition coefficient (Wildman–Crippen LogP) is 1.72. The molecular weight excluding hydrogens is 260 g/mol. The second kappa shape index (κ2) is 5.79. The van der Waals surface area contributed by atoms with Crippen molar-refractivity contribution in [2.45, 2.75) is 26.7 Å². The van der Waals surface area contributed by atoms with Crippen LogP contribution in [0.2, 0.25) is 0 Å². The van der Waals surface area contributed by atoms with E-state index in [2.05, 4.69) is 10.3 Å². The summed E-state index contributed by atoms with van der Waals surface area (Å²) in [6.45, 7) is 3.62. The third kappa shape index (κ3) is 2.83. The van der Waals surface area contributed by atoms with Gasteiger partial charge in [-0.05, 0) is 38.3 Å². The Hall–Kier alpha value is -2.28. The molecule has 0 saturated carbocycles. The number of aromatic nitrogens is 3. The van der Waals surface area contributed by atoms with Gasteiger partial charge in [-0.15, -0.1) is 5.10 Å². The highest BCUT2D eigenvalue weighted by atomic mass is 16.6. The maximum absolute atomic E-state index is 10.9. The first-order valence-corrected chi connectivity index (χ1v) is 6.31. The zero-order chi connectivity index (χ0) is 14.7. The van der Waals surface area contributed by atoms with Crippen LogP contribution in [-0.2, 0) is 6.42 Å². The molecule has 2 rings (SSSR count). The first-order valence-electron chi connectivity index (χ1n) is 6.31. The Morgan fingerprint density at radius 2 is 2.10 bits per heavy atom. The average molecular weight is 276 g/mol. The van der Waals surface area contributed by atoms with E-state index >= 15 is 0 Å². The number of nitro groups is 1. The molecule has 0 radical (unpaired) electrons. The Labute approximate surface area is 116 Å². The first kappa shape index (κ1) is 14.1. The normalized spacial score (nSPS) is 10.8. The topological polar surface area (TPSA) is 94.1 Å². The van der Waals surface area contributed by atoms with Crippen molar-refractivity contribution in [2.75, 3.05) is 6.61 Å². The standard InChI is InChI=1S/C13H16N4O3/c1-9-7-13(17(19)20)10(2)6-12(9)16-8-11(14-15-16)4-3-5-18/h6-8,18H,3-5H2,1-2H3. The molecule has 0 fully saturated rings. The summed E-state index contributed by atoms with van der Waals surface area (Å²) in [5, 5.41) is 27.7. The summed E-state index contributed by atoms with van der Waals surface area (Å²) in [6.07, 6.45) is 3.07. The van der Waals surface area contributed by atoms with Crippen LogP contribution in [0.3, 0.4) is 0 Å².